The summed E-state index contributed by atoms with van der Waals surface area (Å²) in [4.78, 5) is 17.3. The summed E-state index contributed by atoms with van der Waals surface area (Å²) in [6.07, 6.45) is 3.19. The van der Waals surface area contributed by atoms with Crippen LogP contribution >= 0.6 is 0 Å². The zero-order valence-corrected chi connectivity index (χ0v) is 17.7. The zero-order chi connectivity index (χ0) is 20.4. The topological polar surface area (TPSA) is 96.7 Å². The van der Waals surface area contributed by atoms with Gasteiger partial charge in [-0.05, 0) is 13.8 Å². The molecule has 0 atom stereocenters. The first kappa shape index (κ1) is 20.0. The summed E-state index contributed by atoms with van der Waals surface area (Å²) in [5, 5.41) is 0.127. The number of morpholine rings is 1. The molecule has 0 radical (unpaired) electrons. The number of aromatic nitrogens is 4. The fourth-order valence-electron chi connectivity index (χ4n) is 3.69. The second-order valence-electron chi connectivity index (χ2n) is 7.14. The van der Waals surface area contributed by atoms with Crippen LogP contribution in [0.15, 0.2) is 23.6 Å². The number of anilines is 2. The monoisotopic (exact) mass is 421 g/mol. The molecule has 0 N–H and O–H groups in total. The first-order chi connectivity index (χ1) is 14.0. The van der Waals surface area contributed by atoms with Crippen LogP contribution in [-0.4, -0.2) is 84.7 Å². The van der Waals surface area contributed by atoms with Gasteiger partial charge in [-0.2, -0.15) is 4.31 Å². The summed E-state index contributed by atoms with van der Waals surface area (Å²) in [6, 6.07) is 1.97. The SMILES string of the molecule is CCn1cc(S(=O)(=O)N2CCN(c3cc(N4CCOCC4)ncn3)CC2)nc1C. The van der Waals surface area contributed by atoms with Gasteiger partial charge in [0.25, 0.3) is 10.0 Å². The molecule has 0 bridgehead atoms. The fourth-order valence-corrected chi connectivity index (χ4v) is 5.11. The third-order valence-electron chi connectivity index (χ3n) is 5.43. The molecule has 2 aromatic heterocycles. The molecule has 2 aliphatic heterocycles. The molecule has 0 unspecified atom stereocenters. The largest absolute Gasteiger partial charge is 0.378 e. The van der Waals surface area contributed by atoms with Gasteiger partial charge in [0.15, 0.2) is 5.03 Å². The molecule has 2 aliphatic rings. The zero-order valence-electron chi connectivity index (χ0n) is 16.9. The van der Waals surface area contributed by atoms with E-state index < -0.39 is 10.0 Å². The van der Waals surface area contributed by atoms with Crippen LogP contribution in [-0.2, 0) is 21.3 Å². The summed E-state index contributed by atoms with van der Waals surface area (Å²) in [7, 11) is -3.58. The number of hydrogen-bond acceptors (Lipinski definition) is 8. The van der Waals surface area contributed by atoms with E-state index in [2.05, 4.69) is 24.8 Å². The van der Waals surface area contributed by atoms with Gasteiger partial charge in [-0.3, -0.25) is 0 Å². The van der Waals surface area contributed by atoms with Crippen molar-refractivity contribution in [2.75, 3.05) is 62.3 Å². The highest BCUT2D eigenvalue weighted by molar-refractivity contribution is 7.89. The Morgan fingerprint density at radius 2 is 1.62 bits per heavy atom. The second-order valence-corrected chi connectivity index (χ2v) is 9.02. The van der Waals surface area contributed by atoms with Crippen LogP contribution in [0.1, 0.15) is 12.7 Å². The lowest BCUT2D eigenvalue weighted by atomic mass is 10.3. The van der Waals surface area contributed by atoms with Gasteiger partial charge in [0.05, 0.1) is 13.2 Å². The molecule has 2 fully saturated rings. The number of ether oxygens (including phenoxy) is 1. The Kier molecular flexibility index (Phi) is 5.70. The van der Waals surface area contributed by atoms with Crippen molar-refractivity contribution in [3.63, 3.8) is 0 Å². The quantitative estimate of drug-likeness (QED) is 0.682. The van der Waals surface area contributed by atoms with Crippen LogP contribution in [0, 0.1) is 6.92 Å². The summed E-state index contributed by atoms with van der Waals surface area (Å²) < 4.78 is 34.7. The molecule has 0 spiro atoms. The number of nitrogens with zero attached hydrogens (tertiary/aromatic N) is 7. The van der Waals surface area contributed by atoms with E-state index in [9.17, 15) is 8.42 Å². The maximum Gasteiger partial charge on any atom is 0.262 e. The number of hydrogen-bond donors (Lipinski definition) is 0. The van der Waals surface area contributed by atoms with Crippen molar-refractivity contribution >= 4 is 21.7 Å². The highest BCUT2D eigenvalue weighted by Crippen LogP contribution is 2.22. The van der Waals surface area contributed by atoms with Crippen LogP contribution in [0.3, 0.4) is 0 Å². The Labute approximate surface area is 171 Å². The Morgan fingerprint density at radius 3 is 2.21 bits per heavy atom. The van der Waals surface area contributed by atoms with E-state index in [0.717, 1.165) is 24.7 Å². The van der Waals surface area contributed by atoms with Crippen molar-refractivity contribution in [2.24, 2.45) is 0 Å². The van der Waals surface area contributed by atoms with E-state index in [1.807, 2.05) is 24.5 Å². The maximum atomic E-state index is 13.0. The molecule has 0 saturated carbocycles. The molecular formula is C18H27N7O3S. The van der Waals surface area contributed by atoms with Gasteiger partial charge >= 0.3 is 0 Å². The smallest absolute Gasteiger partial charge is 0.262 e. The molecular weight excluding hydrogens is 394 g/mol. The number of aryl methyl sites for hydroxylation is 2. The van der Waals surface area contributed by atoms with Gasteiger partial charge in [-0.1, -0.05) is 0 Å². The van der Waals surface area contributed by atoms with Gasteiger partial charge < -0.3 is 19.1 Å². The second kappa shape index (κ2) is 8.25. The molecule has 0 aromatic carbocycles. The lowest BCUT2D eigenvalue weighted by molar-refractivity contribution is 0.122. The highest BCUT2D eigenvalue weighted by atomic mass is 32.2. The van der Waals surface area contributed by atoms with Gasteiger partial charge in [-0.25, -0.2) is 23.4 Å². The van der Waals surface area contributed by atoms with Crippen LogP contribution in [0.5, 0.6) is 0 Å². The van der Waals surface area contributed by atoms with E-state index in [4.69, 9.17) is 4.74 Å². The van der Waals surface area contributed by atoms with Gasteiger partial charge in [0.1, 0.15) is 23.8 Å². The Morgan fingerprint density at radius 1 is 1.00 bits per heavy atom. The van der Waals surface area contributed by atoms with Crippen LogP contribution in [0.2, 0.25) is 0 Å². The molecule has 4 heterocycles. The minimum Gasteiger partial charge on any atom is -0.378 e. The predicted octanol–water partition coefficient (Wildman–Crippen LogP) is 0.349. The first-order valence-electron chi connectivity index (χ1n) is 9.92. The van der Waals surface area contributed by atoms with Gasteiger partial charge in [0, 0.05) is 58.1 Å². The molecule has 10 nitrogen and oxygen atoms in total. The minimum atomic E-state index is -3.58. The molecule has 2 saturated heterocycles. The van der Waals surface area contributed by atoms with E-state index >= 15 is 0 Å². The average Bonchev–Trinajstić information content (AvgIpc) is 3.16. The molecule has 29 heavy (non-hydrogen) atoms. The maximum absolute atomic E-state index is 13.0. The molecule has 11 heteroatoms. The fraction of sp³-hybridized carbons (Fsp3) is 0.611. The van der Waals surface area contributed by atoms with E-state index in [0.29, 0.717) is 51.8 Å². The van der Waals surface area contributed by atoms with Gasteiger partial charge in [-0.15, -0.1) is 0 Å². The van der Waals surface area contributed by atoms with Crippen molar-refractivity contribution in [1.29, 1.82) is 0 Å². The standard InChI is InChI=1S/C18H27N7O3S/c1-3-22-13-18(21-15(22)2)29(26,27)25-6-4-23(5-7-25)16-12-17(20-14-19-16)24-8-10-28-11-9-24/h12-14H,3-11H2,1-2H3. The van der Waals surface area contributed by atoms with Crippen molar-refractivity contribution < 1.29 is 13.2 Å². The highest BCUT2D eigenvalue weighted by Gasteiger charge is 2.31. The van der Waals surface area contributed by atoms with Crippen molar-refractivity contribution in [1.82, 2.24) is 23.8 Å². The molecule has 2 aromatic rings. The Balaban J connectivity index is 1.44. The Hall–Kier alpha value is -2.24. The van der Waals surface area contributed by atoms with E-state index in [1.54, 1.807) is 12.5 Å². The van der Waals surface area contributed by atoms with Gasteiger partial charge in [0.2, 0.25) is 0 Å². The van der Waals surface area contributed by atoms with Crippen LogP contribution in [0.25, 0.3) is 0 Å². The van der Waals surface area contributed by atoms with E-state index in [-0.39, 0.29) is 5.03 Å². The third kappa shape index (κ3) is 4.07. The number of piperazine rings is 1. The molecule has 158 valence electrons. The molecule has 0 amide bonds. The first-order valence-corrected chi connectivity index (χ1v) is 11.4. The van der Waals surface area contributed by atoms with Crippen LogP contribution < -0.4 is 9.80 Å². The van der Waals surface area contributed by atoms with E-state index in [1.165, 1.54) is 4.31 Å². The van der Waals surface area contributed by atoms with Crippen molar-refractivity contribution in [2.45, 2.75) is 25.4 Å². The lowest BCUT2D eigenvalue weighted by Crippen LogP contribution is -2.49. The third-order valence-corrected chi connectivity index (χ3v) is 7.21. The normalized spacial score (nSPS) is 19.0. The molecule has 4 rings (SSSR count). The number of rotatable bonds is 5. The average molecular weight is 422 g/mol. The van der Waals surface area contributed by atoms with Crippen molar-refractivity contribution in [3.8, 4) is 0 Å². The minimum absolute atomic E-state index is 0.127. The molecule has 0 aliphatic carbocycles. The van der Waals surface area contributed by atoms with Crippen molar-refractivity contribution in [3.05, 3.63) is 24.4 Å². The lowest BCUT2D eigenvalue weighted by Gasteiger charge is -2.35. The summed E-state index contributed by atoms with van der Waals surface area (Å²) >= 11 is 0. The number of imidazole rings is 1. The van der Waals surface area contributed by atoms with Crippen LogP contribution in [0.4, 0.5) is 11.6 Å². The Bertz CT molecular complexity index is 948. The summed E-state index contributed by atoms with van der Waals surface area (Å²) in [5.74, 6) is 2.42. The number of sulfonamides is 1. The summed E-state index contributed by atoms with van der Waals surface area (Å²) in [5.41, 5.74) is 0. The summed E-state index contributed by atoms with van der Waals surface area (Å²) in [6.45, 7) is 9.46. The predicted molar refractivity (Wildman–Crippen MR) is 109 cm³/mol.